The number of Topliss-reactive ketones (excluding diaryl/α,β-unsaturated/α-hetero) is 1. The zero-order chi connectivity index (χ0) is 25.9. The molecule has 36 heavy (non-hydrogen) atoms. The number of halogens is 2. The van der Waals surface area contributed by atoms with E-state index in [9.17, 15) is 9.59 Å². The summed E-state index contributed by atoms with van der Waals surface area (Å²) < 4.78 is 5.10. The summed E-state index contributed by atoms with van der Waals surface area (Å²) in [4.78, 5) is 31.5. The van der Waals surface area contributed by atoms with E-state index >= 15 is 0 Å². The monoisotopic (exact) mass is 531 g/mol. The first kappa shape index (κ1) is 27.9. The van der Waals surface area contributed by atoms with Crippen LogP contribution in [-0.4, -0.2) is 61.8 Å². The molecule has 8 nitrogen and oxygen atoms in total. The normalized spacial score (nSPS) is 17.5. The lowest BCUT2D eigenvalue weighted by Gasteiger charge is -2.33. The summed E-state index contributed by atoms with van der Waals surface area (Å²) in [6, 6.07) is 12.1. The van der Waals surface area contributed by atoms with Gasteiger partial charge in [0.2, 0.25) is 12.0 Å². The summed E-state index contributed by atoms with van der Waals surface area (Å²) in [5.74, 6) is -0.620. The highest BCUT2D eigenvalue weighted by atomic mass is 35.5. The van der Waals surface area contributed by atoms with E-state index in [1.807, 2.05) is 0 Å². The molecule has 2 unspecified atom stereocenters. The molecule has 0 saturated carbocycles. The summed E-state index contributed by atoms with van der Waals surface area (Å²) >= 11 is 11.9. The number of hydrogen-bond donors (Lipinski definition) is 1. The van der Waals surface area contributed by atoms with Crippen molar-refractivity contribution in [2.24, 2.45) is 15.2 Å². The molecule has 1 aliphatic rings. The first-order valence-electron chi connectivity index (χ1n) is 12.0. The van der Waals surface area contributed by atoms with Crippen LogP contribution in [0.15, 0.2) is 57.7 Å². The van der Waals surface area contributed by atoms with E-state index < -0.39 is 12.0 Å². The number of azo groups is 1. The van der Waals surface area contributed by atoms with Crippen LogP contribution in [-0.2, 0) is 9.53 Å². The fraction of sp³-hybridized carbons (Fsp3) is 0.423. The Morgan fingerprint density at radius 3 is 2.67 bits per heavy atom. The van der Waals surface area contributed by atoms with E-state index in [-0.39, 0.29) is 5.91 Å². The molecule has 0 aliphatic carbocycles. The number of carbonyl (C=O) groups is 2. The third-order valence-corrected chi connectivity index (χ3v) is 6.50. The van der Waals surface area contributed by atoms with Crippen LogP contribution in [0.5, 0.6) is 0 Å². The minimum atomic E-state index is -1.17. The van der Waals surface area contributed by atoms with E-state index in [0.717, 1.165) is 25.7 Å². The minimum absolute atomic E-state index is 0.131. The number of likely N-dealkylation sites (tertiary alicyclic amines) is 1. The van der Waals surface area contributed by atoms with Crippen LogP contribution in [0.3, 0.4) is 0 Å². The zero-order valence-electron chi connectivity index (χ0n) is 20.5. The van der Waals surface area contributed by atoms with Crippen LogP contribution >= 0.6 is 23.2 Å². The van der Waals surface area contributed by atoms with Crippen molar-refractivity contribution in [2.75, 3.05) is 26.7 Å². The lowest BCUT2D eigenvalue weighted by molar-refractivity contribution is -0.121. The molecule has 1 fully saturated rings. The van der Waals surface area contributed by atoms with Gasteiger partial charge in [0.05, 0.1) is 16.9 Å². The van der Waals surface area contributed by atoms with E-state index in [4.69, 9.17) is 27.9 Å². The third kappa shape index (κ3) is 8.48. The summed E-state index contributed by atoms with van der Waals surface area (Å²) in [6.45, 7) is 5.04. The SMILES string of the molecule is COC(N=Nc1ccc(Cl)cc1Cl)C(=O)C=Nc1ccc(C(=O)NCCCN2CCCCC2C)cc1. The first-order chi connectivity index (χ1) is 17.4. The topological polar surface area (TPSA) is 95.7 Å². The van der Waals surface area contributed by atoms with Crippen molar-refractivity contribution in [3.63, 3.8) is 0 Å². The Morgan fingerprint density at radius 2 is 1.97 bits per heavy atom. The zero-order valence-corrected chi connectivity index (χ0v) is 22.0. The van der Waals surface area contributed by atoms with Crippen molar-refractivity contribution in [1.29, 1.82) is 0 Å². The number of rotatable bonds is 11. The lowest BCUT2D eigenvalue weighted by atomic mass is 10.0. The van der Waals surface area contributed by atoms with E-state index in [1.165, 1.54) is 32.4 Å². The molecule has 192 valence electrons. The third-order valence-electron chi connectivity index (χ3n) is 5.97. The van der Waals surface area contributed by atoms with Gasteiger partial charge >= 0.3 is 0 Å². The number of nitrogens with one attached hydrogen (secondary N) is 1. The van der Waals surface area contributed by atoms with Crippen molar-refractivity contribution < 1.29 is 14.3 Å². The van der Waals surface area contributed by atoms with Crippen molar-refractivity contribution in [2.45, 2.75) is 44.9 Å². The maximum atomic E-state index is 12.4. The van der Waals surface area contributed by atoms with Gasteiger partial charge in [-0.25, -0.2) is 0 Å². The average molecular weight is 532 g/mol. The van der Waals surface area contributed by atoms with Crippen molar-refractivity contribution in [3.8, 4) is 0 Å². The van der Waals surface area contributed by atoms with E-state index in [1.54, 1.807) is 36.4 Å². The molecule has 2 aromatic carbocycles. The molecule has 1 saturated heterocycles. The molecule has 0 radical (unpaired) electrons. The van der Waals surface area contributed by atoms with Crippen LogP contribution in [0.25, 0.3) is 0 Å². The van der Waals surface area contributed by atoms with Crippen LogP contribution in [0.1, 0.15) is 43.0 Å². The number of hydrogen-bond acceptors (Lipinski definition) is 7. The predicted octanol–water partition coefficient (Wildman–Crippen LogP) is 6.02. The Kier molecular flexibility index (Phi) is 11.0. The van der Waals surface area contributed by atoms with Gasteiger partial charge in [-0.2, -0.15) is 5.11 Å². The number of benzene rings is 2. The molecule has 0 spiro atoms. The molecule has 2 aromatic rings. The largest absolute Gasteiger partial charge is 0.352 e. The number of piperidine rings is 1. The van der Waals surface area contributed by atoms with Gasteiger partial charge in [0, 0.05) is 36.8 Å². The van der Waals surface area contributed by atoms with Crippen LogP contribution in [0.2, 0.25) is 10.0 Å². The van der Waals surface area contributed by atoms with Gasteiger partial charge in [-0.05, 0) is 75.2 Å². The van der Waals surface area contributed by atoms with Gasteiger partial charge in [0.25, 0.3) is 5.91 Å². The number of carbonyl (C=O) groups excluding carboxylic acids is 2. The second-order valence-electron chi connectivity index (χ2n) is 8.60. The van der Waals surface area contributed by atoms with E-state index in [0.29, 0.717) is 39.6 Å². The summed E-state index contributed by atoms with van der Waals surface area (Å²) in [7, 11) is 1.35. The molecule has 1 heterocycles. The van der Waals surface area contributed by atoms with Gasteiger partial charge < -0.3 is 15.0 Å². The Morgan fingerprint density at radius 1 is 1.19 bits per heavy atom. The summed E-state index contributed by atoms with van der Waals surface area (Å²) in [6.07, 6.45) is 4.68. The van der Waals surface area contributed by atoms with Crippen LogP contribution in [0.4, 0.5) is 11.4 Å². The van der Waals surface area contributed by atoms with Gasteiger partial charge in [-0.15, -0.1) is 5.11 Å². The highest BCUT2D eigenvalue weighted by molar-refractivity contribution is 6.36. The van der Waals surface area contributed by atoms with Crippen LogP contribution < -0.4 is 5.32 Å². The molecule has 2 atom stereocenters. The number of aliphatic imine (C=N–C) groups is 1. The molecule has 10 heteroatoms. The Balaban J connectivity index is 1.47. The first-order valence-corrected chi connectivity index (χ1v) is 12.7. The Hall–Kier alpha value is -2.65. The number of nitrogens with zero attached hydrogens (tertiary/aromatic N) is 4. The highest BCUT2D eigenvalue weighted by Gasteiger charge is 2.17. The van der Waals surface area contributed by atoms with Gasteiger partial charge in [0.1, 0.15) is 5.69 Å². The maximum Gasteiger partial charge on any atom is 0.251 e. The lowest BCUT2D eigenvalue weighted by Crippen LogP contribution is -2.39. The van der Waals surface area contributed by atoms with Crippen molar-refractivity contribution in [1.82, 2.24) is 10.2 Å². The Bertz CT molecular complexity index is 1090. The van der Waals surface area contributed by atoms with Gasteiger partial charge in [0.15, 0.2) is 0 Å². The second-order valence-corrected chi connectivity index (χ2v) is 9.44. The van der Waals surface area contributed by atoms with Crippen molar-refractivity contribution in [3.05, 3.63) is 58.1 Å². The van der Waals surface area contributed by atoms with Crippen molar-refractivity contribution >= 4 is 52.5 Å². The molecular formula is C26H31Cl2N5O3. The molecule has 1 N–H and O–H groups in total. The fourth-order valence-electron chi connectivity index (χ4n) is 3.87. The molecular weight excluding hydrogens is 501 g/mol. The minimum Gasteiger partial charge on any atom is -0.352 e. The maximum absolute atomic E-state index is 12.4. The second kappa shape index (κ2) is 14.2. The van der Waals surface area contributed by atoms with E-state index in [2.05, 4.69) is 32.4 Å². The number of amides is 1. The molecule has 0 aromatic heterocycles. The standard InChI is InChI=1S/C26H31Cl2N5O3/c1-18-6-3-4-14-33(18)15-5-13-29-25(35)19-7-10-21(11-8-19)30-17-24(34)26(36-2)32-31-23-12-9-20(27)16-22(23)28/h7-12,16-18,26H,3-6,13-15H2,1-2H3,(H,29,35). The molecule has 1 aliphatic heterocycles. The molecule has 1 amide bonds. The number of ether oxygens (including phenoxy) is 1. The summed E-state index contributed by atoms with van der Waals surface area (Å²) in [5, 5.41) is 11.6. The smallest absolute Gasteiger partial charge is 0.251 e. The fourth-order valence-corrected chi connectivity index (χ4v) is 4.32. The Labute approximate surface area is 221 Å². The predicted molar refractivity (Wildman–Crippen MR) is 143 cm³/mol. The highest BCUT2D eigenvalue weighted by Crippen LogP contribution is 2.28. The summed E-state index contributed by atoms with van der Waals surface area (Å²) in [5.41, 5.74) is 1.42. The number of ketones is 1. The van der Waals surface area contributed by atoms with Crippen LogP contribution in [0, 0.1) is 0 Å². The van der Waals surface area contributed by atoms with Gasteiger partial charge in [-0.3, -0.25) is 14.6 Å². The van der Waals surface area contributed by atoms with Gasteiger partial charge in [-0.1, -0.05) is 29.6 Å². The quantitative estimate of drug-likeness (QED) is 0.218. The average Bonchev–Trinajstić information content (AvgIpc) is 2.88. The molecule has 3 rings (SSSR count). The number of methoxy groups -OCH3 is 1. The molecule has 0 bridgehead atoms.